The summed E-state index contributed by atoms with van der Waals surface area (Å²) >= 11 is 3.39. The molecule has 2 heterocycles. The van der Waals surface area contributed by atoms with Crippen LogP contribution in [-0.4, -0.2) is 38.9 Å². The molecule has 0 aliphatic carbocycles. The Morgan fingerprint density at radius 2 is 1.88 bits per heavy atom. The van der Waals surface area contributed by atoms with E-state index in [9.17, 15) is 9.59 Å². The molecule has 0 fully saturated rings. The van der Waals surface area contributed by atoms with Crippen LogP contribution >= 0.6 is 15.9 Å². The van der Waals surface area contributed by atoms with Crippen molar-refractivity contribution in [3.8, 4) is 0 Å². The number of rotatable bonds is 9. The molecule has 8 heteroatoms. The standard InChI is InChI=1S/C24H29BrN4O3/c1-4-18(2)29(24(31)26-20-11-9-19(25)10-12-20)17-23(30)28(16-22-8-6-14-32-22)15-21-7-5-13-27(21)3/h5-14,18H,4,15-17H2,1-3H3,(H,26,31). The smallest absolute Gasteiger partial charge is 0.322 e. The van der Waals surface area contributed by atoms with Crippen LogP contribution < -0.4 is 5.32 Å². The molecular weight excluding hydrogens is 472 g/mol. The molecule has 170 valence electrons. The number of carbonyl (C=O) groups excluding carboxylic acids is 2. The first-order chi connectivity index (χ1) is 15.4. The molecule has 0 bridgehead atoms. The van der Waals surface area contributed by atoms with Crippen molar-refractivity contribution >= 4 is 33.6 Å². The zero-order chi connectivity index (χ0) is 23.1. The van der Waals surface area contributed by atoms with Gasteiger partial charge in [0, 0.05) is 35.1 Å². The molecule has 1 N–H and O–H groups in total. The van der Waals surface area contributed by atoms with Crippen molar-refractivity contribution in [2.24, 2.45) is 7.05 Å². The molecule has 1 unspecified atom stereocenters. The number of aryl methyl sites for hydroxylation is 1. The second-order valence-corrected chi connectivity index (χ2v) is 8.68. The lowest BCUT2D eigenvalue weighted by atomic mass is 10.2. The predicted molar refractivity (Wildman–Crippen MR) is 128 cm³/mol. The molecule has 2 aromatic heterocycles. The highest BCUT2D eigenvalue weighted by atomic mass is 79.9. The molecular formula is C24H29BrN4O3. The summed E-state index contributed by atoms with van der Waals surface area (Å²) in [5.74, 6) is 0.552. The van der Waals surface area contributed by atoms with E-state index in [0.29, 0.717) is 24.5 Å². The van der Waals surface area contributed by atoms with E-state index in [1.54, 1.807) is 22.1 Å². The fourth-order valence-corrected chi connectivity index (χ4v) is 3.57. The molecule has 0 radical (unpaired) electrons. The third-order valence-corrected chi connectivity index (χ3v) is 6.00. The molecule has 0 saturated heterocycles. The first-order valence-corrected chi connectivity index (χ1v) is 11.4. The number of nitrogens with zero attached hydrogens (tertiary/aromatic N) is 3. The largest absolute Gasteiger partial charge is 0.467 e. The number of aromatic nitrogens is 1. The summed E-state index contributed by atoms with van der Waals surface area (Å²) in [5.41, 5.74) is 1.68. The Balaban J connectivity index is 1.76. The van der Waals surface area contributed by atoms with Crippen LogP contribution in [0, 0.1) is 0 Å². The van der Waals surface area contributed by atoms with Gasteiger partial charge in [-0.1, -0.05) is 22.9 Å². The van der Waals surface area contributed by atoms with Crippen LogP contribution in [0.5, 0.6) is 0 Å². The zero-order valence-corrected chi connectivity index (χ0v) is 20.2. The normalized spacial score (nSPS) is 11.8. The first kappa shape index (κ1) is 23.7. The summed E-state index contributed by atoms with van der Waals surface area (Å²) < 4.78 is 8.39. The summed E-state index contributed by atoms with van der Waals surface area (Å²) in [4.78, 5) is 29.7. The van der Waals surface area contributed by atoms with Crippen molar-refractivity contribution in [1.82, 2.24) is 14.4 Å². The SMILES string of the molecule is CCC(C)N(CC(=O)N(Cc1ccco1)Cc1cccn1C)C(=O)Nc1ccc(Br)cc1. The number of hydrogen-bond donors (Lipinski definition) is 1. The predicted octanol–water partition coefficient (Wildman–Crippen LogP) is 5.24. The number of halogens is 1. The summed E-state index contributed by atoms with van der Waals surface area (Å²) in [6.07, 6.45) is 4.27. The maximum atomic E-state index is 13.4. The molecule has 3 aromatic rings. The third-order valence-electron chi connectivity index (χ3n) is 5.47. The molecule has 0 saturated carbocycles. The number of benzene rings is 1. The fourth-order valence-electron chi connectivity index (χ4n) is 3.30. The van der Waals surface area contributed by atoms with Crippen LogP contribution in [0.15, 0.2) is 69.9 Å². The maximum Gasteiger partial charge on any atom is 0.322 e. The molecule has 1 aromatic carbocycles. The fraction of sp³-hybridized carbons (Fsp3) is 0.333. The number of carbonyl (C=O) groups is 2. The minimum absolute atomic E-state index is 0.0253. The lowest BCUT2D eigenvalue weighted by Gasteiger charge is -2.31. The Kier molecular flexibility index (Phi) is 8.16. The minimum atomic E-state index is -0.299. The van der Waals surface area contributed by atoms with Gasteiger partial charge in [-0.15, -0.1) is 0 Å². The van der Waals surface area contributed by atoms with E-state index in [1.807, 2.05) is 74.1 Å². The second kappa shape index (κ2) is 11.0. The van der Waals surface area contributed by atoms with Crippen LogP contribution in [0.1, 0.15) is 31.7 Å². The van der Waals surface area contributed by atoms with Gasteiger partial charge in [0.15, 0.2) is 0 Å². The van der Waals surface area contributed by atoms with Crippen molar-refractivity contribution in [3.63, 3.8) is 0 Å². The molecule has 0 spiro atoms. The van der Waals surface area contributed by atoms with Gasteiger partial charge in [-0.05, 0) is 61.9 Å². The lowest BCUT2D eigenvalue weighted by Crippen LogP contribution is -2.48. The second-order valence-electron chi connectivity index (χ2n) is 7.76. The number of urea groups is 1. The van der Waals surface area contributed by atoms with Crippen LogP contribution in [0.4, 0.5) is 10.5 Å². The van der Waals surface area contributed by atoms with Crippen molar-refractivity contribution in [2.75, 3.05) is 11.9 Å². The van der Waals surface area contributed by atoms with Gasteiger partial charge < -0.3 is 24.1 Å². The zero-order valence-electron chi connectivity index (χ0n) is 18.6. The molecule has 3 amide bonds. The molecule has 32 heavy (non-hydrogen) atoms. The average Bonchev–Trinajstić information content (AvgIpc) is 3.44. The number of nitrogens with one attached hydrogen (secondary N) is 1. The highest BCUT2D eigenvalue weighted by Crippen LogP contribution is 2.17. The van der Waals surface area contributed by atoms with Crippen molar-refractivity contribution in [2.45, 2.75) is 39.4 Å². The van der Waals surface area contributed by atoms with E-state index in [2.05, 4.69) is 21.2 Å². The van der Waals surface area contributed by atoms with Gasteiger partial charge in [-0.25, -0.2) is 4.79 Å². The Labute approximate surface area is 197 Å². The van der Waals surface area contributed by atoms with Gasteiger partial charge in [-0.3, -0.25) is 4.79 Å². The first-order valence-electron chi connectivity index (χ1n) is 10.6. The third kappa shape index (κ3) is 6.26. The van der Waals surface area contributed by atoms with Gasteiger partial charge in [0.2, 0.25) is 5.91 Å². The van der Waals surface area contributed by atoms with Gasteiger partial charge in [0.05, 0.1) is 19.4 Å². The van der Waals surface area contributed by atoms with E-state index in [1.165, 1.54) is 0 Å². The number of furan rings is 1. The van der Waals surface area contributed by atoms with Crippen LogP contribution in [-0.2, 0) is 24.9 Å². The highest BCUT2D eigenvalue weighted by Gasteiger charge is 2.26. The summed E-state index contributed by atoms with van der Waals surface area (Å²) in [6.45, 7) is 4.68. The Hall–Kier alpha value is -3.00. The molecule has 1 atom stereocenters. The molecule has 7 nitrogen and oxygen atoms in total. The van der Waals surface area contributed by atoms with E-state index in [0.717, 1.165) is 16.6 Å². The van der Waals surface area contributed by atoms with Gasteiger partial charge in [0.25, 0.3) is 0 Å². The summed E-state index contributed by atoms with van der Waals surface area (Å²) in [6, 6.07) is 14.5. The topological polar surface area (TPSA) is 70.7 Å². The molecule has 3 rings (SSSR count). The quantitative estimate of drug-likeness (QED) is 0.436. The van der Waals surface area contributed by atoms with Gasteiger partial charge in [0.1, 0.15) is 12.3 Å². The van der Waals surface area contributed by atoms with Gasteiger partial charge in [-0.2, -0.15) is 0 Å². The Morgan fingerprint density at radius 1 is 1.12 bits per heavy atom. The van der Waals surface area contributed by atoms with E-state index in [4.69, 9.17) is 4.42 Å². The average molecular weight is 501 g/mol. The molecule has 0 aliphatic rings. The van der Waals surface area contributed by atoms with Crippen LogP contribution in [0.2, 0.25) is 0 Å². The summed E-state index contributed by atoms with van der Waals surface area (Å²) in [7, 11) is 1.95. The van der Waals surface area contributed by atoms with Crippen molar-refractivity contribution in [3.05, 3.63) is 76.9 Å². The van der Waals surface area contributed by atoms with Crippen molar-refractivity contribution in [1.29, 1.82) is 0 Å². The minimum Gasteiger partial charge on any atom is -0.467 e. The molecule has 0 aliphatic heterocycles. The summed E-state index contributed by atoms with van der Waals surface area (Å²) in [5, 5.41) is 2.90. The van der Waals surface area contributed by atoms with Crippen molar-refractivity contribution < 1.29 is 14.0 Å². The number of amides is 3. The van der Waals surface area contributed by atoms with Crippen LogP contribution in [0.3, 0.4) is 0 Å². The maximum absolute atomic E-state index is 13.4. The number of hydrogen-bond acceptors (Lipinski definition) is 3. The van der Waals surface area contributed by atoms with Gasteiger partial charge >= 0.3 is 6.03 Å². The van der Waals surface area contributed by atoms with E-state index in [-0.39, 0.29) is 24.5 Å². The Bertz CT molecular complexity index is 1010. The van der Waals surface area contributed by atoms with E-state index >= 15 is 0 Å². The Morgan fingerprint density at radius 3 is 2.47 bits per heavy atom. The lowest BCUT2D eigenvalue weighted by molar-refractivity contribution is -0.133. The highest BCUT2D eigenvalue weighted by molar-refractivity contribution is 9.10. The van der Waals surface area contributed by atoms with Crippen LogP contribution in [0.25, 0.3) is 0 Å². The number of anilines is 1. The monoisotopic (exact) mass is 500 g/mol. The van der Waals surface area contributed by atoms with E-state index < -0.39 is 0 Å².